The first kappa shape index (κ1) is 31.2. The van der Waals surface area contributed by atoms with E-state index in [1.165, 1.54) is 11.1 Å². The Hall–Kier alpha value is -3.30. The van der Waals surface area contributed by atoms with Gasteiger partial charge in [0.25, 0.3) is 0 Å². The molecule has 1 aromatic heterocycles. The van der Waals surface area contributed by atoms with Gasteiger partial charge in [0.2, 0.25) is 0 Å². The zero-order valence-electron chi connectivity index (χ0n) is 24.8. The van der Waals surface area contributed by atoms with Crippen molar-refractivity contribution in [2.45, 2.75) is 32.4 Å². The third-order valence-corrected chi connectivity index (χ3v) is 7.19. The van der Waals surface area contributed by atoms with Crippen LogP contribution in [-0.2, 0) is 14.2 Å². The van der Waals surface area contributed by atoms with Crippen LogP contribution in [0.5, 0.6) is 0 Å². The Morgan fingerprint density at radius 1 is 1.20 bits per heavy atom. The van der Waals surface area contributed by atoms with Crippen molar-refractivity contribution in [3.8, 4) is 11.3 Å². The largest absolute Gasteiger partial charge is 0.380 e. The molecule has 0 amide bonds. The second-order valence-electron chi connectivity index (χ2n) is 10.1. The van der Waals surface area contributed by atoms with E-state index in [0.717, 1.165) is 62.6 Å². The van der Waals surface area contributed by atoms with Crippen LogP contribution in [0.4, 0.5) is 0 Å². The number of morpholine rings is 1. The maximum atomic E-state index is 5.47. The van der Waals surface area contributed by atoms with Crippen LogP contribution in [-0.4, -0.2) is 92.7 Å². The highest BCUT2D eigenvalue weighted by molar-refractivity contribution is 5.62. The van der Waals surface area contributed by atoms with E-state index >= 15 is 0 Å². The number of methoxy groups -OCH3 is 2. The zero-order valence-corrected chi connectivity index (χ0v) is 24.8. The maximum absolute atomic E-state index is 5.47. The molecule has 8 heteroatoms. The van der Waals surface area contributed by atoms with Gasteiger partial charge in [0.05, 0.1) is 25.5 Å². The molecule has 1 saturated heterocycles. The number of allylic oxidation sites excluding steroid dienone is 3. The van der Waals surface area contributed by atoms with Gasteiger partial charge in [-0.15, -0.1) is 6.58 Å². The number of aromatic nitrogens is 2. The number of aryl methyl sites for hydroxylation is 1. The first-order valence-electron chi connectivity index (χ1n) is 13.7. The van der Waals surface area contributed by atoms with E-state index < -0.39 is 0 Å². The summed E-state index contributed by atoms with van der Waals surface area (Å²) < 4.78 is 17.8. The number of likely N-dealkylation sites (N-methyl/N-ethyl adjacent to an activating group) is 1. The Labute approximate surface area is 239 Å². The number of rotatable bonds is 10. The lowest BCUT2D eigenvalue weighted by molar-refractivity contribution is -0.0782. The topological polar surface area (TPSA) is 64.4 Å². The summed E-state index contributed by atoms with van der Waals surface area (Å²) in [6.07, 6.45) is 12.0. The molecule has 8 nitrogen and oxygen atoms in total. The highest BCUT2D eigenvalue weighted by Crippen LogP contribution is 2.25. The van der Waals surface area contributed by atoms with Gasteiger partial charge in [0, 0.05) is 57.4 Å². The molecule has 0 bridgehead atoms. The van der Waals surface area contributed by atoms with Crippen molar-refractivity contribution in [1.82, 2.24) is 19.6 Å². The average Bonchev–Trinajstić information content (AvgIpc) is 3.46. The fraction of sp³-hybridized carbons (Fsp3) is 0.438. The number of ether oxygens (including phenoxy) is 3. The molecule has 216 valence electrons. The van der Waals surface area contributed by atoms with Gasteiger partial charge in [-0.3, -0.25) is 4.90 Å². The van der Waals surface area contributed by atoms with Crippen LogP contribution >= 0.6 is 0 Å². The molecule has 0 spiro atoms. The lowest BCUT2D eigenvalue weighted by Crippen LogP contribution is -2.47. The van der Waals surface area contributed by atoms with Crippen LogP contribution in [0.15, 0.2) is 83.7 Å². The minimum absolute atomic E-state index is 0.258. The van der Waals surface area contributed by atoms with Crippen molar-refractivity contribution in [2.24, 2.45) is 4.99 Å². The van der Waals surface area contributed by atoms with Crippen LogP contribution in [0.25, 0.3) is 17.1 Å². The summed E-state index contributed by atoms with van der Waals surface area (Å²) in [6.45, 7) is 16.6. The number of nitrogens with zero attached hydrogens (tertiary/aromatic N) is 5. The van der Waals surface area contributed by atoms with Crippen molar-refractivity contribution in [1.29, 1.82) is 0 Å². The third-order valence-electron chi connectivity index (χ3n) is 7.19. The molecule has 40 heavy (non-hydrogen) atoms. The Balaban J connectivity index is 0.000000285. The molecule has 0 saturated carbocycles. The summed E-state index contributed by atoms with van der Waals surface area (Å²) in [4.78, 5) is 8.71. The molecule has 1 atom stereocenters. The average molecular weight is 548 g/mol. The van der Waals surface area contributed by atoms with Gasteiger partial charge >= 0.3 is 0 Å². The highest BCUT2D eigenvalue weighted by Gasteiger charge is 2.30. The number of benzene rings is 1. The molecule has 1 unspecified atom stereocenters. The van der Waals surface area contributed by atoms with Gasteiger partial charge in [-0.2, -0.15) is 5.10 Å². The fourth-order valence-electron chi connectivity index (χ4n) is 4.64. The van der Waals surface area contributed by atoms with Crippen LogP contribution in [0.1, 0.15) is 25.3 Å². The molecule has 1 fully saturated rings. The van der Waals surface area contributed by atoms with E-state index in [-0.39, 0.29) is 5.72 Å². The van der Waals surface area contributed by atoms with Crippen LogP contribution in [0, 0.1) is 6.92 Å². The van der Waals surface area contributed by atoms with Crippen molar-refractivity contribution in [3.63, 3.8) is 0 Å². The molecule has 0 aliphatic carbocycles. The standard InChI is InChI=1S/C22H26N4O.C10H19NO2/c1-4-5-9-20(25-12-14-27-15-13-25)17-22(23-3)26-11-10-21(24-26)19-8-6-7-18(2)16-19;1-10(13-4)7-9(8-12-3)5-6-11(10)2/h4,6-11,16-17H,1,3,5,12-15H2,2H3;7H,5-6,8H2,1-4H3/b20-9+,22-17+;. The Morgan fingerprint density at radius 2 is 1.98 bits per heavy atom. The highest BCUT2D eigenvalue weighted by atomic mass is 16.5. The van der Waals surface area contributed by atoms with Crippen LogP contribution < -0.4 is 0 Å². The van der Waals surface area contributed by atoms with E-state index in [1.807, 2.05) is 30.5 Å². The van der Waals surface area contributed by atoms with Crippen molar-refractivity contribution < 1.29 is 14.2 Å². The number of aliphatic imine (C=N–C) groups is 1. The summed E-state index contributed by atoms with van der Waals surface area (Å²) in [7, 11) is 5.54. The molecule has 0 radical (unpaired) electrons. The molecular weight excluding hydrogens is 502 g/mol. The zero-order chi connectivity index (χ0) is 29.0. The molecule has 1 aromatic carbocycles. The summed E-state index contributed by atoms with van der Waals surface area (Å²) >= 11 is 0. The number of hydrogen-bond donors (Lipinski definition) is 0. The van der Waals surface area contributed by atoms with Crippen molar-refractivity contribution in [3.05, 3.63) is 84.2 Å². The predicted octanol–water partition coefficient (Wildman–Crippen LogP) is 5.41. The molecule has 2 aliphatic heterocycles. The van der Waals surface area contributed by atoms with Crippen LogP contribution in [0.2, 0.25) is 0 Å². The molecular formula is C32H45N5O3. The molecule has 4 rings (SSSR count). The van der Waals surface area contributed by atoms with Crippen LogP contribution in [0.3, 0.4) is 0 Å². The molecule has 2 aliphatic rings. The molecule has 3 heterocycles. The first-order valence-corrected chi connectivity index (χ1v) is 13.7. The fourth-order valence-corrected chi connectivity index (χ4v) is 4.64. The lowest BCUT2D eigenvalue weighted by atomic mass is 10.0. The maximum Gasteiger partial charge on any atom is 0.154 e. The van der Waals surface area contributed by atoms with E-state index in [4.69, 9.17) is 19.3 Å². The second kappa shape index (κ2) is 15.5. The summed E-state index contributed by atoms with van der Waals surface area (Å²) in [5.74, 6) is 0.690. The minimum atomic E-state index is -0.258. The first-order chi connectivity index (χ1) is 19.3. The van der Waals surface area contributed by atoms with Gasteiger partial charge in [-0.1, -0.05) is 35.9 Å². The third kappa shape index (κ3) is 8.60. The predicted molar refractivity (Wildman–Crippen MR) is 164 cm³/mol. The lowest BCUT2D eigenvalue weighted by Gasteiger charge is -2.39. The van der Waals surface area contributed by atoms with Gasteiger partial charge in [-0.25, -0.2) is 9.67 Å². The SMILES string of the molecule is C=CC/C=C(\C=C(/N=C)n1ccc(-c2cccc(C)c2)n1)N1CCOCC1.COCC1=CC(C)(OC)N(C)CC1. The van der Waals surface area contributed by atoms with Gasteiger partial charge in [0.15, 0.2) is 5.82 Å². The molecule has 2 aromatic rings. The van der Waals surface area contributed by atoms with Gasteiger partial charge < -0.3 is 19.1 Å². The smallest absolute Gasteiger partial charge is 0.154 e. The second-order valence-corrected chi connectivity index (χ2v) is 10.1. The Morgan fingerprint density at radius 3 is 2.62 bits per heavy atom. The Kier molecular flexibility index (Phi) is 12.1. The van der Waals surface area contributed by atoms with E-state index in [0.29, 0.717) is 12.4 Å². The van der Waals surface area contributed by atoms with Gasteiger partial charge in [-0.05, 0) is 64.2 Å². The van der Waals surface area contributed by atoms with Gasteiger partial charge in [0.1, 0.15) is 5.72 Å². The quantitative estimate of drug-likeness (QED) is 0.225. The Bertz CT molecular complexity index is 1210. The van der Waals surface area contributed by atoms with E-state index in [9.17, 15) is 0 Å². The van der Waals surface area contributed by atoms with Crippen molar-refractivity contribution in [2.75, 3.05) is 60.7 Å². The van der Waals surface area contributed by atoms with E-state index in [1.54, 1.807) is 18.9 Å². The summed E-state index contributed by atoms with van der Waals surface area (Å²) in [5.41, 5.74) is 5.37. The normalized spacial score (nSPS) is 20.4. The summed E-state index contributed by atoms with van der Waals surface area (Å²) in [6, 6.07) is 10.3. The van der Waals surface area contributed by atoms with Crippen molar-refractivity contribution >= 4 is 12.5 Å². The monoisotopic (exact) mass is 547 g/mol. The van der Waals surface area contributed by atoms with E-state index in [2.05, 4.69) is 79.3 Å². The number of hydrogen-bond acceptors (Lipinski definition) is 7. The molecule has 0 N–H and O–H groups in total. The summed E-state index contributed by atoms with van der Waals surface area (Å²) in [5, 5.41) is 4.70. The minimum Gasteiger partial charge on any atom is -0.380 e.